The fourth-order valence-corrected chi connectivity index (χ4v) is 2.62. The molecule has 0 aliphatic carbocycles. The van der Waals surface area contributed by atoms with E-state index in [1.807, 2.05) is 13.8 Å². The Hall–Kier alpha value is -1.04. The molecule has 0 radical (unpaired) electrons. The van der Waals surface area contributed by atoms with Crippen molar-refractivity contribution in [1.82, 2.24) is 4.90 Å². The van der Waals surface area contributed by atoms with Crippen molar-refractivity contribution < 1.29 is 13.5 Å². The van der Waals surface area contributed by atoms with Crippen molar-refractivity contribution in [3.8, 4) is 0 Å². The number of benzene rings is 1. The zero-order chi connectivity index (χ0) is 14.0. The third-order valence-corrected chi connectivity index (χ3v) is 3.14. The molecule has 1 unspecified atom stereocenters. The Morgan fingerprint density at radius 2 is 1.95 bits per heavy atom. The number of rotatable bonds is 3. The highest BCUT2D eigenvalue weighted by molar-refractivity contribution is 5.18. The molecule has 2 N–H and O–H groups in total. The molecule has 1 saturated heterocycles. The maximum Gasteiger partial charge on any atom is 0.126 e. The smallest absolute Gasteiger partial charge is 0.126 e. The lowest BCUT2D eigenvalue weighted by Gasteiger charge is -2.42. The molecule has 0 amide bonds. The summed E-state index contributed by atoms with van der Waals surface area (Å²) < 4.78 is 32.2. The van der Waals surface area contributed by atoms with Crippen molar-refractivity contribution in [3.05, 3.63) is 35.4 Å². The van der Waals surface area contributed by atoms with Crippen LogP contribution in [0, 0.1) is 11.6 Å². The van der Waals surface area contributed by atoms with Gasteiger partial charge in [0.05, 0.1) is 11.7 Å². The number of nitrogens with two attached hydrogens (primary N) is 1. The summed E-state index contributed by atoms with van der Waals surface area (Å²) in [6.07, 6.45) is -0.0397. The largest absolute Gasteiger partial charge is 0.368 e. The molecule has 1 aliphatic rings. The van der Waals surface area contributed by atoms with Crippen molar-refractivity contribution >= 4 is 0 Å². The van der Waals surface area contributed by atoms with E-state index in [0.717, 1.165) is 6.07 Å². The van der Waals surface area contributed by atoms with Crippen LogP contribution in [0.4, 0.5) is 8.78 Å². The average Bonchev–Trinajstić information content (AvgIpc) is 2.25. The molecule has 106 valence electrons. The van der Waals surface area contributed by atoms with Crippen LogP contribution in [0.3, 0.4) is 0 Å². The fraction of sp³-hybridized carbons (Fsp3) is 0.571. The molecule has 0 aromatic heterocycles. The van der Waals surface area contributed by atoms with Crippen molar-refractivity contribution in [2.75, 3.05) is 19.6 Å². The first-order valence-corrected chi connectivity index (χ1v) is 6.43. The summed E-state index contributed by atoms with van der Waals surface area (Å²) in [5.74, 6) is -1.09. The van der Waals surface area contributed by atoms with Gasteiger partial charge in [-0.3, -0.25) is 4.90 Å². The first kappa shape index (κ1) is 14.4. The van der Waals surface area contributed by atoms with Gasteiger partial charge in [0.25, 0.3) is 0 Å². The van der Waals surface area contributed by atoms with Crippen LogP contribution in [0.15, 0.2) is 18.2 Å². The number of hydrogen-bond donors (Lipinski definition) is 1. The van der Waals surface area contributed by atoms with E-state index in [4.69, 9.17) is 10.5 Å². The van der Waals surface area contributed by atoms with E-state index in [9.17, 15) is 8.78 Å². The van der Waals surface area contributed by atoms with Crippen LogP contribution in [0.1, 0.15) is 19.4 Å². The van der Waals surface area contributed by atoms with Gasteiger partial charge in [0, 0.05) is 32.2 Å². The van der Waals surface area contributed by atoms with E-state index in [2.05, 4.69) is 4.90 Å². The molecule has 2 rings (SSSR count). The maximum absolute atomic E-state index is 13.2. The molecule has 1 aromatic rings. The Balaban J connectivity index is 2.09. The van der Waals surface area contributed by atoms with Gasteiger partial charge in [-0.25, -0.2) is 8.78 Å². The predicted molar refractivity (Wildman–Crippen MR) is 69.6 cm³/mol. The van der Waals surface area contributed by atoms with Gasteiger partial charge in [-0.15, -0.1) is 0 Å². The van der Waals surface area contributed by atoms with E-state index in [1.165, 1.54) is 12.1 Å². The second-order valence-electron chi connectivity index (χ2n) is 5.68. The maximum atomic E-state index is 13.2. The lowest BCUT2D eigenvalue weighted by molar-refractivity contribution is -0.133. The highest BCUT2D eigenvalue weighted by Crippen LogP contribution is 2.22. The molecule has 19 heavy (non-hydrogen) atoms. The van der Waals surface area contributed by atoms with Gasteiger partial charge in [0.1, 0.15) is 11.6 Å². The van der Waals surface area contributed by atoms with Gasteiger partial charge < -0.3 is 10.5 Å². The van der Waals surface area contributed by atoms with Crippen molar-refractivity contribution in [3.63, 3.8) is 0 Å². The van der Waals surface area contributed by atoms with Crippen molar-refractivity contribution in [2.24, 2.45) is 5.73 Å². The van der Waals surface area contributed by atoms with Crippen LogP contribution in [0.2, 0.25) is 0 Å². The molecule has 0 spiro atoms. The average molecular weight is 270 g/mol. The van der Waals surface area contributed by atoms with E-state index in [1.54, 1.807) is 0 Å². The van der Waals surface area contributed by atoms with Crippen LogP contribution in [-0.4, -0.2) is 36.2 Å². The molecule has 1 aliphatic heterocycles. The third-order valence-electron chi connectivity index (χ3n) is 3.14. The first-order valence-electron chi connectivity index (χ1n) is 6.43. The Labute approximate surface area is 112 Å². The zero-order valence-electron chi connectivity index (χ0n) is 11.3. The Morgan fingerprint density at radius 1 is 1.32 bits per heavy atom. The van der Waals surface area contributed by atoms with Gasteiger partial charge in [-0.05, 0) is 31.5 Å². The minimum absolute atomic E-state index is 0.0397. The minimum Gasteiger partial charge on any atom is -0.368 e. The van der Waals surface area contributed by atoms with Gasteiger partial charge in [-0.1, -0.05) is 0 Å². The quantitative estimate of drug-likeness (QED) is 0.911. The fourth-order valence-electron chi connectivity index (χ4n) is 2.62. The number of morpholine rings is 1. The Kier molecular flexibility index (Phi) is 4.18. The first-order chi connectivity index (χ1) is 8.88. The van der Waals surface area contributed by atoms with E-state index in [0.29, 0.717) is 31.7 Å². The number of hydrogen-bond acceptors (Lipinski definition) is 3. The van der Waals surface area contributed by atoms with E-state index >= 15 is 0 Å². The van der Waals surface area contributed by atoms with Gasteiger partial charge >= 0.3 is 0 Å². The normalized spacial score (nSPS) is 23.5. The summed E-state index contributed by atoms with van der Waals surface area (Å²) in [5, 5.41) is 0. The third kappa shape index (κ3) is 3.96. The molecule has 1 heterocycles. The molecular formula is C14H20F2N2O. The second kappa shape index (κ2) is 5.53. The van der Waals surface area contributed by atoms with Crippen LogP contribution < -0.4 is 5.73 Å². The number of halogens is 2. The Bertz CT molecular complexity index is 431. The standard InChI is InChI=1S/C14H20F2N2O/c1-14(2)9-18(8-13(6-17)19-14)7-10-3-11(15)5-12(16)4-10/h3-5,13H,6-9,17H2,1-2H3. The van der Waals surface area contributed by atoms with E-state index < -0.39 is 11.6 Å². The Morgan fingerprint density at radius 3 is 2.53 bits per heavy atom. The summed E-state index contributed by atoms with van der Waals surface area (Å²) in [4.78, 5) is 2.12. The molecule has 0 saturated carbocycles. The van der Waals surface area contributed by atoms with Crippen LogP contribution in [0.5, 0.6) is 0 Å². The lowest BCUT2D eigenvalue weighted by Crippen LogP contribution is -2.54. The summed E-state index contributed by atoms with van der Waals surface area (Å²) in [6.45, 7) is 6.32. The summed E-state index contributed by atoms with van der Waals surface area (Å²) in [5.41, 5.74) is 5.99. The molecule has 3 nitrogen and oxygen atoms in total. The molecule has 0 bridgehead atoms. The van der Waals surface area contributed by atoms with Crippen LogP contribution in [-0.2, 0) is 11.3 Å². The summed E-state index contributed by atoms with van der Waals surface area (Å²) in [7, 11) is 0. The van der Waals surface area contributed by atoms with Gasteiger partial charge in [0.2, 0.25) is 0 Å². The summed E-state index contributed by atoms with van der Waals surface area (Å²) in [6, 6.07) is 3.61. The molecule has 1 atom stereocenters. The van der Waals surface area contributed by atoms with Crippen LogP contribution in [0.25, 0.3) is 0 Å². The molecule has 5 heteroatoms. The SMILES string of the molecule is CC1(C)CN(Cc2cc(F)cc(F)c2)CC(CN)O1. The molecular weight excluding hydrogens is 250 g/mol. The molecule has 1 fully saturated rings. The van der Waals surface area contributed by atoms with Crippen LogP contribution >= 0.6 is 0 Å². The van der Waals surface area contributed by atoms with Crippen molar-refractivity contribution in [2.45, 2.75) is 32.1 Å². The lowest BCUT2D eigenvalue weighted by atomic mass is 10.0. The van der Waals surface area contributed by atoms with E-state index in [-0.39, 0.29) is 11.7 Å². The topological polar surface area (TPSA) is 38.5 Å². The predicted octanol–water partition coefficient (Wildman–Crippen LogP) is 1.90. The van der Waals surface area contributed by atoms with Crippen molar-refractivity contribution in [1.29, 1.82) is 0 Å². The second-order valence-corrected chi connectivity index (χ2v) is 5.68. The monoisotopic (exact) mass is 270 g/mol. The van der Waals surface area contributed by atoms with Gasteiger partial charge in [-0.2, -0.15) is 0 Å². The molecule has 1 aromatic carbocycles. The highest BCUT2D eigenvalue weighted by Gasteiger charge is 2.32. The zero-order valence-corrected chi connectivity index (χ0v) is 11.3. The van der Waals surface area contributed by atoms with Gasteiger partial charge in [0.15, 0.2) is 0 Å². The minimum atomic E-state index is -0.544. The number of nitrogens with zero attached hydrogens (tertiary/aromatic N) is 1. The number of ether oxygens (including phenoxy) is 1. The highest BCUT2D eigenvalue weighted by atomic mass is 19.1. The summed E-state index contributed by atoms with van der Waals surface area (Å²) >= 11 is 0.